The Bertz CT molecular complexity index is 57.2. The van der Waals surface area contributed by atoms with E-state index >= 15 is 0 Å². The van der Waals surface area contributed by atoms with Crippen molar-refractivity contribution in [2.75, 3.05) is 0 Å². The molecule has 36 valence electrons. The molecule has 0 aromatic rings. The second-order valence-corrected chi connectivity index (χ2v) is 1.11. The number of halogens is 1. The summed E-state index contributed by atoms with van der Waals surface area (Å²) in [5, 5.41) is 7.86. The van der Waals surface area contributed by atoms with E-state index in [9.17, 15) is 0 Å². The summed E-state index contributed by atoms with van der Waals surface area (Å²) in [6.07, 6.45) is 0. The van der Waals surface area contributed by atoms with Crippen LogP contribution in [0, 0.1) is 17.2 Å². The molecule has 0 N–H and O–H groups in total. The van der Waals surface area contributed by atoms with Crippen molar-refractivity contribution < 1.29 is 16.3 Å². The molecule has 0 unspecified atom stereocenters. The van der Waals surface area contributed by atoms with Crippen LogP contribution >= 0.6 is 13.6 Å². The third-order valence-corrected chi connectivity index (χ3v) is 0.224. The number of hydrogen-bond donors (Lipinski definition) is 0. The number of nitrogens with zero attached hydrogens (tertiary/aromatic N) is 1. The van der Waals surface area contributed by atoms with E-state index in [0.717, 1.165) is 5.92 Å². The summed E-state index contributed by atoms with van der Waals surface area (Å²) in [7, 11) is 0. The summed E-state index contributed by atoms with van der Waals surface area (Å²) in [5.74, 6) is 0.810. The van der Waals surface area contributed by atoms with Gasteiger partial charge in [-0.05, 0) is 0 Å². The first-order valence-corrected chi connectivity index (χ1v) is 8.69. The molecule has 0 aliphatic rings. The van der Waals surface area contributed by atoms with Crippen molar-refractivity contribution >= 4 is 13.6 Å². The quantitative estimate of drug-likeness (QED) is 0.446. The molecule has 0 aromatic carbocycles. The molecule has 0 radical (unpaired) electrons. The minimum atomic E-state index is 0.810. The average molecular weight is 213 g/mol. The van der Waals surface area contributed by atoms with Crippen LogP contribution in [0.2, 0.25) is 0 Å². The predicted octanol–water partition coefficient (Wildman–Crippen LogP) is 1.97. The van der Waals surface area contributed by atoms with E-state index in [1.807, 2.05) is 6.07 Å². The monoisotopic (exact) mass is 211 g/mol. The molecule has 0 saturated heterocycles. The van der Waals surface area contributed by atoms with Gasteiger partial charge in [0.1, 0.15) is 0 Å². The Morgan fingerprint density at radius 3 is 1.71 bits per heavy atom. The number of hydrogen-bond acceptors (Lipinski definition) is 1. The van der Waals surface area contributed by atoms with E-state index in [4.69, 9.17) is 5.26 Å². The van der Waals surface area contributed by atoms with Gasteiger partial charge in [0.05, 0.1) is 0 Å². The summed E-state index contributed by atoms with van der Waals surface area (Å²) in [4.78, 5) is 0. The van der Waals surface area contributed by atoms with E-state index in [1.54, 1.807) is 13.8 Å². The molecule has 0 heterocycles. The molecule has 7 heavy (non-hydrogen) atoms. The van der Waals surface area contributed by atoms with Gasteiger partial charge in [0.15, 0.2) is 0 Å². The first-order chi connectivity index (χ1) is 3.27. The molecular formula is C4H6BrNZn. The second kappa shape index (κ2) is 9.68. The molecule has 0 aliphatic heterocycles. The Hall–Kier alpha value is 0.463. The van der Waals surface area contributed by atoms with Crippen LogP contribution in [0.15, 0.2) is 0 Å². The molecule has 1 nitrogen and oxygen atoms in total. The fourth-order valence-corrected chi connectivity index (χ4v) is 0. The van der Waals surface area contributed by atoms with E-state index in [1.165, 1.54) is 16.3 Å². The van der Waals surface area contributed by atoms with Crippen LogP contribution in [-0.2, 0) is 16.3 Å². The first kappa shape index (κ1) is 10.4. The third-order valence-electron chi connectivity index (χ3n) is 0.224. The fraction of sp³-hybridized carbons (Fsp3) is 0.500. The van der Waals surface area contributed by atoms with Gasteiger partial charge in [-0.2, -0.15) is 13.8 Å². The van der Waals surface area contributed by atoms with Gasteiger partial charge < -0.3 is 0 Å². The van der Waals surface area contributed by atoms with Crippen LogP contribution in [0.25, 0.3) is 0 Å². The van der Waals surface area contributed by atoms with Crippen molar-refractivity contribution in [2.24, 2.45) is 0 Å². The Balaban J connectivity index is 0. The van der Waals surface area contributed by atoms with E-state index in [2.05, 4.69) is 13.6 Å². The molecule has 0 atom stereocenters. The second-order valence-electron chi connectivity index (χ2n) is 1.11. The standard InChI is InChI=1S/C4H6N.BrH.Zn/c1-4(2)3-5;;/h1-2H3;1H;/q-1;;+2/p-1. The molecule has 0 aromatic heterocycles. The maximum atomic E-state index is 7.86. The molecule has 0 amide bonds. The summed E-state index contributed by atoms with van der Waals surface area (Å²) >= 11 is 4.25. The van der Waals surface area contributed by atoms with Crippen molar-refractivity contribution in [3.05, 3.63) is 5.92 Å². The van der Waals surface area contributed by atoms with Crippen molar-refractivity contribution in [3.8, 4) is 6.07 Å². The zero-order chi connectivity index (χ0) is 6.28. The first-order valence-electron chi connectivity index (χ1n) is 1.74. The van der Waals surface area contributed by atoms with Crippen molar-refractivity contribution in [2.45, 2.75) is 13.8 Å². The van der Waals surface area contributed by atoms with Crippen molar-refractivity contribution in [3.63, 3.8) is 0 Å². The Kier molecular flexibility index (Phi) is 14.5. The SMILES string of the molecule is C[C-](C)C#N.[Zn+][Br]. The molecule has 3 heteroatoms. The molecular weight excluding hydrogens is 207 g/mol. The van der Waals surface area contributed by atoms with Crippen LogP contribution in [0.5, 0.6) is 0 Å². The topological polar surface area (TPSA) is 23.8 Å². The van der Waals surface area contributed by atoms with Crippen LogP contribution < -0.4 is 0 Å². The van der Waals surface area contributed by atoms with E-state index < -0.39 is 0 Å². The molecule has 0 aliphatic carbocycles. The summed E-state index contributed by atoms with van der Waals surface area (Å²) in [6, 6.07) is 1.94. The van der Waals surface area contributed by atoms with Gasteiger partial charge in [0, 0.05) is 0 Å². The van der Waals surface area contributed by atoms with Crippen LogP contribution in [0.4, 0.5) is 0 Å². The summed E-state index contributed by atoms with van der Waals surface area (Å²) in [6.45, 7) is 3.56. The van der Waals surface area contributed by atoms with Gasteiger partial charge in [0.25, 0.3) is 0 Å². The zero-order valence-electron chi connectivity index (χ0n) is 4.53. The molecule has 0 rings (SSSR count). The zero-order valence-corrected chi connectivity index (χ0v) is 9.09. The minimum absolute atomic E-state index is 0.810. The van der Waals surface area contributed by atoms with Gasteiger partial charge in [-0.3, -0.25) is 5.92 Å². The van der Waals surface area contributed by atoms with Crippen molar-refractivity contribution in [1.29, 1.82) is 5.26 Å². The van der Waals surface area contributed by atoms with Crippen LogP contribution in [0.1, 0.15) is 13.8 Å². The molecule has 0 saturated carbocycles. The third kappa shape index (κ3) is 21.2. The Morgan fingerprint density at radius 2 is 1.71 bits per heavy atom. The number of rotatable bonds is 0. The predicted molar refractivity (Wildman–Crippen MR) is 29.1 cm³/mol. The normalized spacial score (nSPS) is 5.14. The van der Waals surface area contributed by atoms with Gasteiger partial charge >= 0.3 is 30.0 Å². The van der Waals surface area contributed by atoms with Crippen LogP contribution in [-0.4, -0.2) is 0 Å². The van der Waals surface area contributed by atoms with Crippen molar-refractivity contribution in [1.82, 2.24) is 0 Å². The summed E-state index contributed by atoms with van der Waals surface area (Å²) < 4.78 is 0. The summed E-state index contributed by atoms with van der Waals surface area (Å²) in [5.41, 5.74) is 0. The van der Waals surface area contributed by atoms with Gasteiger partial charge in [-0.15, -0.1) is 6.07 Å². The average Bonchev–Trinajstić information content (AvgIpc) is 1.73. The molecule has 0 spiro atoms. The molecule has 0 fully saturated rings. The van der Waals surface area contributed by atoms with Gasteiger partial charge in [-0.25, -0.2) is 5.26 Å². The molecule has 0 bridgehead atoms. The van der Waals surface area contributed by atoms with Gasteiger partial charge in [-0.1, -0.05) is 0 Å². The fourth-order valence-electron chi connectivity index (χ4n) is 0. The Morgan fingerprint density at radius 1 is 1.57 bits per heavy atom. The van der Waals surface area contributed by atoms with Crippen LogP contribution in [0.3, 0.4) is 0 Å². The Labute approximate surface area is 61.1 Å². The van der Waals surface area contributed by atoms with Gasteiger partial charge in [0.2, 0.25) is 0 Å². The number of nitriles is 1. The maximum absolute atomic E-state index is 7.86. The van der Waals surface area contributed by atoms with E-state index in [-0.39, 0.29) is 0 Å². The van der Waals surface area contributed by atoms with E-state index in [0.29, 0.717) is 0 Å².